The molecule has 9 amide bonds. The topological polar surface area (TPSA) is 521 Å². The average molecular weight is 1570 g/mol. The Bertz CT molecular complexity index is 4410. The van der Waals surface area contributed by atoms with Crippen LogP contribution in [0.3, 0.4) is 0 Å². The molecule has 2 saturated carbocycles. The number of imide groups is 1. The van der Waals surface area contributed by atoms with E-state index in [9.17, 15) is 77.6 Å². The van der Waals surface area contributed by atoms with Crippen molar-refractivity contribution in [3.8, 4) is 0 Å². The Morgan fingerprint density at radius 3 is 2.03 bits per heavy atom. The predicted molar refractivity (Wildman–Crippen MR) is 391 cm³/mol. The highest BCUT2D eigenvalue weighted by atomic mass is 16.6. The second-order valence-corrected chi connectivity index (χ2v) is 29.5. The van der Waals surface area contributed by atoms with Gasteiger partial charge in [0.1, 0.15) is 54.1 Å². The number of carbonyl (C=O) groups is 15. The molecule has 4 aliphatic heterocycles. The molecule has 15 atom stereocenters. The second kappa shape index (κ2) is 35.2. The van der Waals surface area contributed by atoms with Crippen LogP contribution in [0, 0.1) is 22.2 Å². The third kappa shape index (κ3) is 18.5. The molecule has 35 heteroatoms. The third-order valence-corrected chi connectivity index (χ3v) is 21.7. The molecule has 35 nitrogen and oxygen atoms in total. The SMILES string of the molecule is CC(=O)O[C@H]1C(=O)[C@@]2(C)C([C@H](OC(=O)c3ccccc3)[C@]3(O)C[C@H](OC(=O)[C@H](OC(=O)CCC(=O)NCc4ccc(CN5C(=O)[C@H]6CCC(=O)N[C@H](CCCNC(=N)N)C(=O)NC(=O)N[C@H](CC(=O)O)C(=O)NC[C@H]5C(=O)N6)cc4)[C@@H](NC(=O)c4ccccc4)c4ccccc4)C(C)=C1C3(C)C)[C@]1(OC(C)=O)CO[C@@H]1C[C@@H]2O. The highest BCUT2D eigenvalue weighted by molar-refractivity contribution is 6.02. The van der Waals surface area contributed by atoms with Gasteiger partial charge in [-0.05, 0) is 85.2 Å². The number of carboxylic acids is 1. The van der Waals surface area contributed by atoms with Gasteiger partial charge in [-0.1, -0.05) is 105 Å². The summed E-state index contributed by atoms with van der Waals surface area (Å²) in [7, 11) is 0. The van der Waals surface area contributed by atoms with Gasteiger partial charge in [0.15, 0.2) is 23.4 Å². The molecule has 14 N–H and O–H groups in total. The first kappa shape index (κ1) is 83.5. The maximum atomic E-state index is 16.0. The number of nitrogens with zero attached hydrogens (tertiary/aromatic N) is 1. The van der Waals surface area contributed by atoms with Crippen molar-refractivity contribution in [2.24, 2.45) is 22.5 Å². The first-order chi connectivity index (χ1) is 53.6. The van der Waals surface area contributed by atoms with Crippen molar-refractivity contribution in [2.75, 3.05) is 19.7 Å². The normalized spacial score (nSPS) is 27.4. The Balaban J connectivity index is 0.897. The number of Topliss-reactive ketones (excluding diaryl/α,β-unsaturated/α-hetero) is 1. The molecule has 4 heterocycles. The zero-order chi connectivity index (χ0) is 82.0. The number of fused-ring (bicyclic) bond motifs is 19. The largest absolute Gasteiger partial charge is 0.481 e. The fourth-order valence-corrected chi connectivity index (χ4v) is 15.8. The quantitative estimate of drug-likeness (QED) is 0.0116. The van der Waals surface area contributed by atoms with Crippen LogP contribution in [-0.4, -0.2) is 207 Å². The van der Waals surface area contributed by atoms with Crippen molar-refractivity contribution in [1.29, 1.82) is 5.41 Å². The summed E-state index contributed by atoms with van der Waals surface area (Å²) in [4.78, 5) is 210. The van der Waals surface area contributed by atoms with Crippen molar-refractivity contribution in [3.05, 3.63) is 154 Å². The number of aliphatic carboxylic acids is 1. The average Bonchev–Trinajstić information content (AvgIpc) is 0.670. The van der Waals surface area contributed by atoms with Crippen LogP contribution in [0.4, 0.5) is 4.79 Å². The van der Waals surface area contributed by atoms with Crippen LogP contribution in [0.2, 0.25) is 0 Å². The van der Waals surface area contributed by atoms with Crippen LogP contribution in [0.5, 0.6) is 0 Å². The third-order valence-electron chi connectivity index (χ3n) is 21.7. The highest BCUT2D eigenvalue weighted by Gasteiger charge is 2.78. The monoisotopic (exact) mass is 1570 g/mol. The Morgan fingerprint density at radius 1 is 0.761 bits per heavy atom. The molecule has 4 saturated heterocycles. The molecule has 4 bridgehead atoms. The summed E-state index contributed by atoms with van der Waals surface area (Å²) in [6, 6.07) is 20.7. The molecule has 7 aliphatic rings. The standard InChI is InChI=1S/C78H91N11O24/c1-40-52(35-78(107)65(112-71(104)47-21-14-9-15-22-47)63-76(6,53(92)34-54-77(63,39-108-54)113-42(3)91)64(98)61(109-41(2)90)59(40)75(78,4)5)110-72(105)62(60(45-17-10-7-11-18-45)87-66(99)46-19-12-8-13-20-46)111-58(97)31-30-55(93)82-36-43-24-26-44(27-25-43)38-89-51-37-83-67(100)50(33-57(95)96)86-74(106)88-68(101)48(23-16-32-81-73(79)80)84-56(94)29-28-49(70(89)103)85-69(51)102/h7-15,17-22,24-27,48-54,60-63,65,92,107H,16,23,28-39H2,1-6H3,(H,82,93)(H,83,100)(H,84,94)(H,85,102)(H,87,99)(H,95,96)(H4,79,80,81)(H2,86,88,101,106)/t48-,49-,50-,51+,52+,53+,54-,60+,61-,62-,63?,65+,76-,77+,78-/m1/s1. The number of aliphatic hydroxyl groups excluding tert-OH is 1. The summed E-state index contributed by atoms with van der Waals surface area (Å²) in [5.41, 5.74) is -2.16. The van der Waals surface area contributed by atoms with E-state index >= 15 is 9.59 Å². The van der Waals surface area contributed by atoms with Crippen LogP contribution < -0.4 is 48.3 Å². The Hall–Kier alpha value is -12.0. The summed E-state index contributed by atoms with van der Waals surface area (Å²) in [6.07, 6.45) is -14.7. The summed E-state index contributed by atoms with van der Waals surface area (Å²) >= 11 is 0. The second-order valence-electron chi connectivity index (χ2n) is 29.5. The number of hydrogen-bond acceptors (Lipinski definition) is 24. The number of carboxylic acid groups (broad SMARTS) is 1. The first-order valence-corrected chi connectivity index (χ1v) is 36.7. The first-order valence-electron chi connectivity index (χ1n) is 36.7. The van der Waals surface area contributed by atoms with Gasteiger partial charge in [-0.25, -0.2) is 14.4 Å². The number of urea groups is 1. The number of piperazine rings is 1. The number of aliphatic hydroxyl groups is 2. The summed E-state index contributed by atoms with van der Waals surface area (Å²) < 4.78 is 37.1. The molecular weight excluding hydrogens is 1470 g/mol. The number of carbonyl (C=O) groups excluding carboxylic acids is 14. The van der Waals surface area contributed by atoms with E-state index in [1.54, 1.807) is 78.9 Å². The van der Waals surface area contributed by atoms with E-state index in [0.29, 0.717) is 11.1 Å². The molecule has 602 valence electrons. The number of ketones is 1. The fraction of sp³-hybridized carbons (Fsp3) is 0.462. The minimum Gasteiger partial charge on any atom is -0.481 e. The lowest BCUT2D eigenvalue weighted by atomic mass is 9.44. The minimum atomic E-state index is -2.60. The van der Waals surface area contributed by atoms with Gasteiger partial charge in [0, 0.05) is 76.7 Å². The summed E-state index contributed by atoms with van der Waals surface area (Å²) in [5.74, 6) is -15.8. The zero-order valence-electron chi connectivity index (χ0n) is 62.7. The maximum Gasteiger partial charge on any atom is 0.350 e. The Kier molecular flexibility index (Phi) is 26.0. The number of esters is 5. The van der Waals surface area contributed by atoms with Crippen molar-refractivity contribution in [3.63, 3.8) is 0 Å². The van der Waals surface area contributed by atoms with Crippen molar-refractivity contribution >= 4 is 94.9 Å². The molecule has 4 aromatic carbocycles. The number of benzene rings is 4. The van der Waals surface area contributed by atoms with E-state index in [4.69, 9.17) is 39.6 Å². The number of rotatable bonds is 24. The molecule has 0 radical (unpaired) electrons. The lowest BCUT2D eigenvalue weighted by molar-refractivity contribution is -0.346. The van der Waals surface area contributed by atoms with E-state index in [2.05, 4.69) is 37.2 Å². The van der Waals surface area contributed by atoms with E-state index in [1.807, 2.05) is 5.32 Å². The van der Waals surface area contributed by atoms with Crippen molar-refractivity contribution < 1.29 is 116 Å². The van der Waals surface area contributed by atoms with Crippen LogP contribution in [0.25, 0.3) is 0 Å². The van der Waals surface area contributed by atoms with E-state index < -0.39 is 229 Å². The van der Waals surface area contributed by atoms with Gasteiger partial charge in [-0.2, -0.15) is 0 Å². The Morgan fingerprint density at radius 2 is 1.41 bits per heavy atom. The number of amides is 9. The van der Waals surface area contributed by atoms with Gasteiger partial charge in [-0.3, -0.25) is 68.3 Å². The number of hydrogen-bond donors (Lipinski definition) is 13. The van der Waals surface area contributed by atoms with Gasteiger partial charge in [0.2, 0.25) is 35.6 Å². The molecule has 113 heavy (non-hydrogen) atoms. The molecule has 6 fully saturated rings. The Labute approximate surface area is 647 Å². The number of nitrogens with one attached hydrogen (secondary N) is 9. The van der Waals surface area contributed by atoms with Crippen LogP contribution >= 0.6 is 0 Å². The summed E-state index contributed by atoms with van der Waals surface area (Å²) in [6.45, 7) is 6.52. The van der Waals surface area contributed by atoms with Gasteiger partial charge >= 0.3 is 41.8 Å². The van der Waals surface area contributed by atoms with Gasteiger partial charge in [-0.15, -0.1) is 0 Å². The maximum absolute atomic E-state index is 16.0. The van der Waals surface area contributed by atoms with E-state index in [0.717, 1.165) is 18.7 Å². The molecule has 0 spiro atoms. The van der Waals surface area contributed by atoms with Gasteiger partial charge < -0.3 is 91.6 Å². The molecule has 3 aliphatic carbocycles. The predicted octanol–water partition coefficient (Wildman–Crippen LogP) is 0.906. The summed E-state index contributed by atoms with van der Waals surface area (Å²) in [5, 5.41) is 63.3. The smallest absolute Gasteiger partial charge is 0.350 e. The van der Waals surface area contributed by atoms with Crippen LogP contribution in [0.15, 0.2) is 126 Å². The number of nitrogens with two attached hydrogens (primary N) is 1. The van der Waals surface area contributed by atoms with E-state index in [1.165, 1.54) is 64.1 Å². The van der Waals surface area contributed by atoms with Gasteiger partial charge in [0.25, 0.3) is 11.8 Å². The molecular formula is C78H91N11O24. The fourth-order valence-electron chi connectivity index (χ4n) is 15.8. The molecule has 1 unspecified atom stereocenters. The van der Waals surface area contributed by atoms with Crippen molar-refractivity contribution in [2.45, 2.75) is 190 Å². The van der Waals surface area contributed by atoms with Crippen LogP contribution in [-0.2, 0) is 99.0 Å². The number of guanidine groups is 1. The molecule has 0 aromatic heterocycles. The van der Waals surface area contributed by atoms with E-state index in [-0.39, 0.29) is 79.1 Å². The van der Waals surface area contributed by atoms with Crippen LogP contribution in [0.1, 0.15) is 143 Å². The molecule has 11 rings (SSSR count). The lowest BCUT2D eigenvalue weighted by Crippen LogP contribution is -2.82. The van der Waals surface area contributed by atoms with Gasteiger partial charge in [0.05, 0.1) is 42.4 Å². The zero-order valence-corrected chi connectivity index (χ0v) is 62.7. The molecule has 4 aromatic rings. The van der Waals surface area contributed by atoms with Crippen molar-refractivity contribution in [1.82, 2.24) is 47.4 Å². The minimum absolute atomic E-state index is 0.0209. The number of ether oxygens (including phenoxy) is 6. The lowest BCUT2D eigenvalue weighted by Gasteiger charge is -2.67. The highest BCUT2D eigenvalue weighted by Crippen LogP contribution is 2.64.